The Balaban J connectivity index is 2.21. The van der Waals surface area contributed by atoms with Crippen LogP contribution in [0.4, 0.5) is 0 Å². The summed E-state index contributed by atoms with van der Waals surface area (Å²) in [6, 6.07) is 4.13. The number of fused-ring (bicyclic) bond motifs is 3. The largest absolute Gasteiger partial charge is 0.481 e. The topological polar surface area (TPSA) is 73.3 Å². The van der Waals surface area contributed by atoms with Crippen molar-refractivity contribution in [3.8, 4) is 0 Å². The van der Waals surface area contributed by atoms with Gasteiger partial charge in [0, 0.05) is 28.6 Å². The van der Waals surface area contributed by atoms with Gasteiger partial charge in [-0.1, -0.05) is 6.07 Å². The maximum absolute atomic E-state index is 11.1. The monoisotopic (exact) mass is 259 g/mol. The number of aliphatic carboxylic acids is 1. The van der Waals surface area contributed by atoms with E-state index >= 15 is 0 Å². The van der Waals surface area contributed by atoms with Crippen LogP contribution in [0, 0.1) is 19.8 Å². The highest BCUT2D eigenvalue weighted by Crippen LogP contribution is 2.39. The summed E-state index contributed by atoms with van der Waals surface area (Å²) in [5, 5.41) is 20.5. The minimum absolute atomic E-state index is 0.294. The quantitative estimate of drug-likeness (QED) is 0.736. The van der Waals surface area contributed by atoms with Crippen molar-refractivity contribution >= 4 is 16.9 Å². The summed E-state index contributed by atoms with van der Waals surface area (Å²) in [4.78, 5) is 14.4. The van der Waals surface area contributed by atoms with Crippen molar-refractivity contribution in [1.29, 1.82) is 0 Å². The minimum Gasteiger partial charge on any atom is -0.481 e. The Morgan fingerprint density at radius 3 is 2.79 bits per heavy atom. The fraction of sp³-hybridized carbons (Fsp3) is 0.400. The van der Waals surface area contributed by atoms with Crippen molar-refractivity contribution in [2.75, 3.05) is 0 Å². The molecule has 4 heteroatoms. The molecule has 1 heterocycles. The molecule has 2 aromatic rings. The van der Waals surface area contributed by atoms with Gasteiger partial charge in [-0.3, -0.25) is 4.79 Å². The average Bonchev–Trinajstić information content (AvgIpc) is 2.67. The molecule has 1 aromatic heterocycles. The first-order chi connectivity index (χ1) is 8.97. The number of aromatic nitrogens is 1. The first-order valence-corrected chi connectivity index (χ1v) is 6.50. The van der Waals surface area contributed by atoms with E-state index in [9.17, 15) is 9.90 Å². The van der Waals surface area contributed by atoms with Crippen molar-refractivity contribution in [3.63, 3.8) is 0 Å². The molecule has 0 spiro atoms. The average molecular weight is 259 g/mol. The smallest absolute Gasteiger partial charge is 0.306 e. The lowest BCUT2D eigenvalue weighted by molar-refractivity contribution is -0.143. The van der Waals surface area contributed by atoms with Crippen LogP contribution < -0.4 is 0 Å². The van der Waals surface area contributed by atoms with Crippen molar-refractivity contribution in [2.24, 2.45) is 5.92 Å². The molecule has 19 heavy (non-hydrogen) atoms. The van der Waals surface area contributed by atoms with E-state index in [0.29, 0.717) is 12.8 Å². The van der Waals surface area contributed by atoms with Gasteiger partial charge >= 0.3 is 5.97 Å². The molecule has 3 N–H and O–H groups in total. The van der Waals surface area contributed by atoms with Gasteiger partial charge in [-0.05, 0) is 37.5 Å². The predicted octanol–water partition coefficient (Wildman–Crippen LogP) is 2.47. The maximum atomic E-state index is 11.1. The summed E-state index contributed by atoms with van der Waals surface area (Å²) in [7, 11) is 0. The third-order valence-electron chi connectivity index (χ3n) is 4.00. The van der Waals surface area contributed by atoms with E-state index in [1.807, 2.05) is 19.9 Å². The number of rotatable bonds is 1. The molecule has 0 fully saturated rings. The number of carboxylic acids is 1. The Kier molecular flexibility index (Phi) is 2.64. The fourth-order valence-electron chi connectivity index (χ4n) is 3.24. The van der Waals surface area contributed by atoms with Crippen molar-refractivity contribution in [1.82, 2.24) is 4.98 Å². The number of hydrogen-bond acceptors (Lipinski definition) is 2. The first kappa shape index (κ1) is 12.2. The van der Waals surface area contributed by atoms with Gasteiger partial charge in [-0.2, -0.15) is 0 Å². The number of carbonyl (C=O) groups is 1. The van der Waals surface area contributed by atoms with Gasteiger partial charge in [0.1, 0.15) is 0 Å². The molecule has 0 aliphatic heterocycles. The maximum Gasteiger partial charge on any atom is 0.306 e. The molecule has 0 radical (unpaired) electrons. The summed E-state index contributed by atoms with van der Waals surface area (Å²) in [6.07, 6.45) is 0.0670. The zero-order chi connectivity index (χ0) is 13.7. The highest BCUT2D eigenvalue weighted by atomic mass is 16.4. The summed E-state index contributed by atoms with van der Waals surface area (Å²) >= 11 is 0. The van der Waals surface area contributed by atoms with Crippen molar-refractivity contribution in [2.45, 2.75) is 32.8 Å². The molecule has 1 aliphatic carbocycles. The van der Waals surface area contributed by atoms with Crippen LogP contribution >= 0.6 is 0 Å². The van der Waals surface area contributed by atoms with Crippen LogP contribution in [0.2, 0.25) is 0 Å². The summed E-state index contributed by atoms with van der Waals surface area (Å²) in [6.45, 7) is 4.06. The number of H-pyrrole nitrogens is 1. The van der Waals surface area contributed by atoms with E-state index < -0.39 is 18.0 Å². The number of nitrogens with one attached hydrogen (secondary N) is 1. The number of aryl methyl sites for hydroxylation is 2. The molecule has 0 bridgehead atoms. The van der Waals surface area contributed by atoms with Gasteiger partial charge in [-0.25, -0.2) is 0 Å². The lowest BCUT2D eigenvalue weighted by Gasteiger charge is -2.23. The Bertz CT molecular complexity index is 672. The van der Waals surface area contributed by atoms with Gasteiger partial charge in [0.25, 0.3) is 0 Å². The number of aliphatic hydroxyl groups is 1. The van der Waals surface area contributed by atoms with Crippen LogP contribution in [0.25, 0.3) is 10.9 Å². The van der Waals surface area contributed by atoms with E-state index in [1.54, 1.807) is 0 Å². The highest BCUT2D eigenvalue weighted by molar-refractivity contribution is 5.89. The van der Waals surface area contributed by atoms with E-state index in [2.05, 4.69) is 11.1 Å². The molecule has 2 unspecified atom stereocenters. The molecular weight excluding hydrogens is 242 g/mol. The Morgan fingerprint density at radius 2 is 2.11 bits per heavy atom. The van der Waals surface area contributed by atoms with E-state index in [0.717, 1.165) is 33.3 Å². The minimum atomic E-state index is -0.837. The molecule has 3 rings (SSSR count). The second-order valence-electron chi connectivity index (χ2n) is 5.51. The SMILES string of the molecule is Cc1cc(C)c2c3c([nH]c2c1)CC(C(=O)O)CC3O. The zero-order valence-corrected chi connectivity index (χ0v) is 11.0. The van der Waals surface area contributed by atoms with Gasteiger partial charge in [-0.15, -0.1) is 0 Å². The Hall–Kier alpha value is -1.81. The third kappa shape index (κ3) is 1.83. The van der Waals surface area contributed by atoms with Gasteiger partial charge in [0.05, 0.1) is 12.0 Å². The lowest BCUT2D eigenvalue weighted by atomic mass is 9.84. The summed E-state index contributed by atoms with van der Waals surface area (Å²) < 4.78 is 0. The molecule has 0 saturated carbocycles. The van der Waals surface area contributed by atoms with Crippen LogP contribution in [0.1, 0.15) is 34.9 Å². The van der Waals surface area contributed by atoms with Crippen LogP contribution in [-0.4, -0.2) is 21.2 Å². The number of aliphatic hydroxyl groups excluding tert-OH is 1. The Labute approximate surface area is 111 Å². The van der Waals surface area contributed by atoms with E-state index in [4.69, 9.17) is 5.11 Å². The first-order valence-electron chi connectivity index (χ1n) is 6.50. The standard InChI is InChI=1S/C15H17NO3/c1-7-3-8(2)13-10(4-7)16-11-5-9(15(18)19)6-12(17)14(11)13/h3-4,9,12,16-17H,5-6H2,1-2H3,(H,18,19). The number of aromatic amines is 1. The van der Waals surface area contributed by atoms with Crippen LogP contribution in [0.5, 0.6) is 0 Å². The second kappa shape index (κ2) is 4.10. The van der Waals surface area contributed by atoms with Crippen LogP contribution in [-0.2, 0) is 11.2 Å². The van der Waals surface area contributed by atoms with Gasteiger partial charge in [0.15, 0.2) is 0 Å². The van der Waals surface area contributed by atoms with Gasteiger partial charge in [0.2, 0.25) is 0 Å². The van der Waals surface area contributed by atoms with E-state index in [1.165, 1.54) is 0 Å². The fourth-order valence-corrected chi connectivity index (χ4v) is 3.24. The van der Waals surface area contributed by atoms with Crippen LogP contribution in [0.15, 0.2) is 12.1 Å². The molecule has 1 aliphatic rings. The molecule has 100 valence electrons. The summed E-state index contributed by atoms with van der Waals surface area (Å²) in [5.41, 5.74) is 5.04. The number of benzene rings is 1. The third-order valence-corrected chi connectivity index (χ3v) is 4.00. The molecule has 4 nitrogen and oxygen atoms in total. The van der Waals surface area contributed by atoms with Crippen molar-refractivity contribution in [3.05, 3.63) is 34.5 Å². The molecule has 2 atom stereocenters. The molecular formula is C15H17NO3. The molecule has 1 aromatic carbocycles. The van der Waals surface area contributed by atoms with Crippen LogP contribution in [0.3, 0.4) is 0 Å². The highest BCUT2D eigenvalue weighted by Gasteiger charge is 2.33. The second-order valence-corrected chi connectivity index (χ2v) is 5.51. The number of hydrogen-bond donors (Lipinski definition) is 3. The summed E-state index contributed by atoms with van der Waals surface area (Å²) in [5.74, 6) is -1.34. The molecule has 0 saturated heterocycles. The predicted molar refractivity (Wildman–Crippen MR) is 72.2 cm³/mol. The zero-order valence-electron chi connectivity index (χ0n) is 11.0. The normalized spacial score (nSPS) is 22.5. The van der Waals surface area contributed by atoms with E-state index in [-0.39, 0.29) is 0 Å². The van der Waals surface area contributed by atoms with Crippen molar-refractivity contribution < 1.29 is 15.0 Å². The number of carboxylic acid groups (broad SMARTS) is 1. The molecule has 0 amide bonds. The van der Waals surface area contributed by atoms with Gasteiger partial charge < -0.3 is 15.2 Å². The lowest BCUT2D eigenvalue weighted by Crippen LogP contribution is -2.24. The Morgan fingerprint density at radius 1 is 1.37 bits per heavy atom.